The number of nitrogens with one attached hydrogen (secondary N) is 1. The smallest absolute Gasteiger partial charge is 0.265 e. The number of hydrogen-bond donors (Lipinski definition) is 2. The molecule has 0 radical (unpaired) electrons. The third-order valence-corrected chi connectivity index (χ3v) is 3.06. The van der Waals surface area contributed by atoms with Crippen molar-refractivity contribution >= 4 is 17.6 Å². The number of amides is 2. The molecule has 0 fully saturated rings. The number of carbonyl (C=O) groups excluding carboxylic acids is 2. The summed E-state index contributed by atoms with van der Waals surface area (Å²) in [6.07, 6.45) is 0. The van der Waals surface area contributed by atoms with Crippen molar-refractivity contribution in [2.75, 3.05) is 5.32 Å². The molecule has 0 aliphatic carbocycles. The first-order valence-electron chi connectivity index (χ1n) is 6.84. The predicted octanol–water partition coefficient (Wildman–Crippen LogP) is 2.50. The predicted molar refractivity (Wildman–Crippen MR) is 82.2 cm³/mol. The van der Waals surface area contributed by atoms with E-state index in [0.29, 0.717) is 29.5 Å². The molecule has 0 atom stereocenters. The van der Waals surface area contributed by atoms with Crippen LogP contribution < -0.4 is 11.1 Å². The van der Waals surface area contributed by atoms with Crippen LogP contribution in [0.25, 0.3) is 0 Å². The summed E-state index contributed by atoms with van der Waals surface area (Å²) in [5.41, 5.74) is 6.33. The lowest BCUT2D eigenvalue weighted by molar-refractivity contribution is 0.0986. The Morgan fingerprint density at radius 3 is 2.38 bits per heavy atom. The van der Waals surface area contributed by atoms with Crippen LogP contribution >= 0.6 is 0 Å². The summed E-state index contributed by atoms with van der Waals surface area (Å²) in [5.74, 6) is 0.180. The Morgan fingerprint density at radius 2 is 1.81 bits per heavy atom. The molecule has 21 heavy (non-hydrogen) atoms. The number of hydrogen-bond acceptors (Lipinski definition) is 2. The van der Waals surface area contributed by atoms with E-state index in [4.69, 9.17) is 5.73 Å². The highest BCUT2D eigenvalue weighted by Gasteiger charge is 2.15. The molecule has 0 bridgehead atoms. The number of nitrogens with two attached hydrogens (primary N) is 1. The van der Waals surface area contributed by atoms with Gasteiger partial charge in [-0.1, -0.05) is 32.0 Å². The Balaban J connectivity index is 2.27. The van der Waals surface area contributed by atoms with Gasteiger partial charge in [-0.2, -0.15) is 0 Å². The standard InChI is InChI=1S/C16H19N3O2/c1-11(2)10-19-13(15(17)20)8-9-14(19)18-16(21)12-6-4-3-5-7-12/h3-9,11H,10H2,1-2H3,(H2,17,20)(H,18,21). The molecule has 0 aliphatic heterocycles. The fourth-order valence-electron chi connectivity index (χ4n) is 2.13. The van der Waals surface area contributed by atoms with E-state index in [1.165, 1.54) is 0 Å². The first kappa shape index (κ1) is 14.8. The minimum absolute atomic E-state index is 0.213. The molecule has 0 saturated heterocycles. The van der Waals surface area contributed by atoms with Crippen molar-refractivity contribution in [1.29, 1.82) is 0 Å². The summed E-state index contributed by atoms with van der Waals surface area (Å²) in [5, 5.41) is 2.82. The summed E-state index contributed by atoms with van der Waals surface area (Å²) in [6, 6.07) is 12.3. The lowest BCUT2D eigenvalue weighted by Gasteiger charge is -2.15. The number of carbonyl (C=O) groups is 2. The fraction of sp³-hybridized carbons (Fsp3) is 0.250. The van der Waals surface area contributed by atoms with Gasteiger partial charge in [0.05, 0.1) is 0 Å². The molecule has 2 rings (SSSR count). The van der Waals surface area contributed by atoms with Crippen LogP contribution in [-0.2, 0) is 6.54 Å². The molecule has 5 heteroatoms. The highest BCUT2D eigenvalue weighted by atomic mass is 16.2. The molecule has 3 N–H and O–H groups in total. The van der Waals surface area contributed by atoms with Crippen molar-refractivity contribution in [3.63, 3.8) is 0 Å². The zero-order valence-electron chi connectivity index (χ0n) is 12.2. The Hall–Kier alpha value is -2.56. The Morgan fingerprint density at radius 1 is 1.14 bits per heavy atom. The van der Waals surface area contributed by atoms with Crippen molar-refractivity contribution in [2.24, 2.45) is 11.7 Å². The van der Waals surface area contributed by atoms with Crippen LogP contribution in [0.2, 0.25) is 0 Å². The summed E-state index contributed by atoms with van der Waals surface area (Å²) in [4.78, 5) is 23.7. The summed E-state index contributed by atoms with van der Waals surface area (Å²) in [7, 11) is 0. The molecule has 110 valence electrons. The number of nitrogens with zero attached hydrogens (tertiary/aromatic N) is 1. The van der Waals surface area contributed by atoms with Gasteiger partial charge in [0.1, 0.15) is 11.5 Å². The molecule has 2 amide bonds. The van der Waals surface area contributed by atoms with E-state index >= 15 is 0 Å². The fourth-order valence-corrected chi connectivity index (χ4v) is 2.13. The molecule has 1 heterocycles. The van der Waals surface area contributed by atoms with Gasteiger partial charge in [-0.05, 0) is 30.2 Å². The molecular weight excluding hydrogens is 266 g/mol. The van der Waals surface area contributed by atoms with Crippen LogP contribution in [0, 0.1) is 5.92 Å². The second-order valence-electron chi connectivity index (χ2n) is 5.29. The number of rotatable bonds is 5. The number of aromatic nitrogens is 1. The molecule has 2 aromatic rings. The van der Waals surface area contributed by atoms with Gasteiger partial charge in [0.2, 0.25) is 0 Å². The quantitative estimate of drug-likeness (QED) is 0.885. The first-order chi connectivity index (χ1) is 9.99. The Kier molecular flexibility index (Phi) is 4.42. The van der Waals surface area contributed by atoms with E-state index in [0.717, 1.165) is 0 Å². The van der Waals surface area contributed by atoms with Crippen molar-refractivity contribution in [3.8, 4) is 0 Å². The largest absolute Gasteiger partial charge is 0.364 e. The summed E-state index contributed by atoms with van der Waals surface area (Å²) >= 11 is 0. The van der Waals surface area contributed by atoms with Gasteiger partial charge in [-0.15, -0.1) is 0 Å². The van der Waals surface area contributed by atoms with Crippen LogP contribution in [0.15, 0.2) is 42.5 Å². The Labute approximate surface area is 123 Å². The van der Waals surface area contributed by atoms with Crippen LogP contribution in [0.5, 0.6) is 0 Å². The summed E-state index contributed by atoms with van der Waals surface area (Å²) in [6.45, 7) is 4.68. The highest BCUT2D eigenvalue weighted by molar-refractivity contribution is 6.04. The van der Waals surface area contributed by atoms with E-state index in [9.17, 15) is 9.59 Å². The van der Waals surface area contributed by atoms with E-state index in [1.54, 1.807) is 41.0 Å². The van der Waals surface area contributed by atoms with Gasteiger partial charge in [0.15, 0.2) is 0 Å². The van der Waals surface area contributed by atoms with Gasteiger partial charge in [0.25, 0.3) is 11.8 Å². The van der Waals surface area contributed by atoms with Gasteiger partial charge in [-0.25, -0.2) is 0 Å². The minimum Gasteiger partial charge on any atom is -0.364 e. The second-order valence-corrected chi connectivity index (χ2v) is 5.29. The van der Waals surface area contributed by atoms with Gasteiger partial charge in [-0.3, -0.25) is 9.59 Å². The molecule has 0 saturated carbocycles. The lowest BCUT2D eigenvalue weighted by Crippen LogP contribution is -2.22. The van der Waals surface area contributed by atoms with Crippen molar-refractivity contribution in [1.82, 2.24) is 4.57 Å². The van der Waals surface area contributed by atoms with Crippen LogP contribution in [-0.4, -0.2) is 16.4 Å². The van der Waals surface area contributed by atoms with Gasteiger partial charge >= 0.3 is 0 Å². The topological polar surface area (TPSA) is 77.1 Å². The minimum atomic E-state index is -0.504. The maximum atomic E-state index is 12.2. The summed E-state index contributed by atoms with van der Waals surface area (Å²) < 4.78 is 1.74. The van der Waals surface area contributed by atoms with Crippen molar-refractivity contribution in [3.05, 3.63) is 53.7 Å². The van der Waals surface area contributed by atoms with E-state index in [2.05, 4.69) is 5.32 Å². The average molecular weight is 285 g/mol. The van der Waals surface area contributed by atoms with E-state index < -0.39 is 5.91 Å². The highest BCUT2D eigenvalue weighted by Crippen LogP contribution is 2.18. The number of primary amides is 1. The number of anilines is 1. The van der Waals surface area contributed by atoms with Crippen LogP contribution in [0.1, 0.15) is 34.7 Å². The normalized spacial score (nSPS) is 10.6. The van der Waals surface area contributed by atoms with E-state index in [1.807, 2.05) is 19.9 Å². The number of benzene rings is 1. The maximum absolute atomic E-state index is 12.2. The first-order valence-corrected chi connectivity index (χ1v) is 6.84. The zero-order valence-corrected chi connectivity index (χ0v) is 12.2. The molecule has 0 unspecified atom stereocenters. The van der Waals surface area contributed by atoms with Crippen LogP contribution in [0.4, 0.5) is 5.82 Å². The van der Waals surface area contributed by atoms with E-state index in [-0.39, 0.29) is 5.91 Å². The SMILES string of the molecule is CC(C)Cn1c(NC(=O)c2ccccc2)ccc1C(N)=O. The Bertz CT molecular complexity index is 645. The molecule has 1 aromatic heterocycles. The van der Waals surface area contributed by atoms with Crippen molar-refractivity contribution < 1.29 is 9.59 Å². The van der Waals surface area contributed by atoms with Gasteiger partial charge < -0.3 is 15.6 Å². The molecule has 5 nitrogen and oxygen atoms in total. The average Bonchev–Trinajstić information content (AvgIpc) is 2.82. The van der Waals surface area contributed by atoms with Crippen LogP contribution in [0.3, 0.4) is 0 Å². The molecule has 1 aromatic carbocycles. The monoisotopic (exact) mass is 285 g/mol. The zero-order chi connectivity index (χ0) is 15.4. The van der Waals surface area contributed by atoms with Gasteiger partial charge in [0, 0.05) is 12.1 Å². The molecular formula is C16H19N3O2. The second kappa shape index (κ2) is 6.26. The third-order valence-electron chi connectivity index (χ3n) is 3.06. The molecule has 0 aliphatic rings. The maximum Gasteiger partial charge on any atom is 0.265 e. The molecule has 0 spiro atoms. The lowest BCUT2D eigenvalue weighted by atomic mass is 10.2. The third kappa shape index (κ3) is 3.51. The van der Waals surface area contributed by atoms with Crippen molar-refractivity contribution in [2.45, 2.75) is 20.4 Å².